The van der Waals surface area contributed by atoms with Gasteiger partial charge in [-0.1, -0.05) is 20.3 Å². The summed E-state index contributed by atoms with van der Waals surface area (Å²) in [5.74, 6) is 1.16. The highest BCUT2D eigenvalue weighted by Gasteiger charge is 2.18. The number of aryl methyl sites for hydroxylation is 1. The molecule has 0 unspecified atom stereocenters. The Bertz CT molecular complexity index is 658. The van der Waals surface area contributed by atoms with E-state index < -0.39 is 0 Å². The van der Waals surface area contributed by atoms with E-state index in [0.717, 1.165) is 6.42 Å². The van der Waals surface area contributed by atoms with Crippen molar-refractivity contribution in [3.8, 4) is 5.88 Å². The highest BCUT2D eigenvalue weighted by atomic mass is 16.5. The number of carbonyl (C=O) groups excluding carboxylic acids is 1. The first-order chi connectivity index (χ1) is 11.1. The minimum atomic E-state index is -0.221. The number of amides is 1. The Hall–Kier alpha value is -2.22. The second-order valence-electron chi connectivity index (χ2n) is 5.50. The van der Waals surface area contributed by atoms with Crippen molar-refractivity contribution in [2.45, 2.75) is 39.2 Å². The van der Waals surface area contributed by atoms with Gasteiger partial charge in [-0.3, -0.25) is 4.79 Å². The van der Waals surface area contributed by atoms with Gasteiger partial charge in [0.1, 0.15) is 0 Å². The van der Waals surface area contributed by atoms with E-state index in [1.54, 1.807) is 16.6 Å². The Morgan fingerprint density at radius 1 is 1.43 bits per heavy atom. The van der Waals surface area contributed by atoms with E-state index in [1.165, 1.54) is 7.11 Å². The van der Waals surface area contributed by atoms with Gasteiger partial charge in [0.05, 0.1) is 19.8 Å². The molecule has 0 aliphatic heterocycles. The molecule has 0 spiro atoms. The van der Waals surface area contributed by atoms with Crippen LogP contribution in [0.2, 0.25) is 0 Å². The first kappa shape index (κ1) is 17.1. The summed E-state index contributed by atoms with van der Waals surface area (Å²) in [7, 11) is 1.54. The average Bonchev–Trinajstić information content (AvgIpc) is 2.99. The summed E-state index contributed by atoms with van der Waals surface area (Å²) < 4.78 is 6.66. The lowest BCUT2D eigenvalue weighted by Gasteiger charge is -2.21. The summed E-state index contributed by atoms with van der Waals surface area (Å²) in [6, 6.07) is 3.24. The Balaban J connectivity index is 1.99. The van der Waals surface area contributed by atoms with Crippen molar-refractivity contribution in [3.05, 3.63) is 18.0 Å². The third-order valence-corrected chi connectivity index (χ3v) is 3.96. The first-order valence-corrected chi connectivity index (χ1v) is 7.74. The minimum absolute atomic E-state index is 0.0621. The molecule has 126 valence electrons. The number of nitrogens with one attached hydrogen (secondary N) is 1. The molecule has 8 heteroatoms. The van der Waals surface area contributed by atoms with Crippen molar-refractivity contribution < 1.29 is 14.6 Å². The Kier molecular flexibility index (Phi) is 5.86. The lowest BCUT2D eigenvalue weighted by atomic mass is 10.00. The number of fused-ring (bicyclic) bond motifs is 1. The van der Waals surface area contributed by atoms with Gasteiger partial charge in [0.25, 0.3) is 0 Å². The summed E-state index contributed by atoms with van der Waals surface area (Å²) in [6.07, 6.45) is 1.56. The number of ether oxygens (including phenoxy) is 1. The van der Waals surface area contributed by atoms with Crippen LogP contribution in [0.5, 0.6) is 5.88 Å². The Labute approximate surface area is 134 Å². The molecule has 0 radical (unpaired) electrons. The first-order valence-electron chi connectivity index (χ1n) is 7.74. The molecular formula is C15H23N5O3. The molecule has 0 aliphatic rings. The minimum Gasteiger partial charge on any atom is -0.480 e. The highest BCUT2D eigenvalue weighted by molar-refractivity contribution is 5.76. The van der Waals surface area contributed by atoms with E-state index in [-0.39, 0.29) is 30.9 Å². The second-order valence-corrected chi connectivity index (χ2v) is 5.50. The van der Waals surface area contributed by atoms with Crippen LogP contribution < -0.4 is 10.1 Å². The molecule has 2 N–H and O–H groups in total. The maximum absolute atomic E-state index is 12.1. The van der Waals surface area contributed by atoms with E-state index >= 15 is 0 Å². The lowest BCUT2D eigenvalue weighted by Crippen LogP contribution is -2.42. The van der Waals surface area contributed by atoms with Gasteiger partial charge in [-0.15, -0.1) is 15.3 Å². The molecule has 2 aromatic rings. The number of hydrogen-bond donors (Lipinski definition) is 2. The third-order valence-electron chi connectivity index (χ3n) is 3.96. The van der Waals surface area contributed by atoms with E-state index in [0.29, 0.717) is 23.8 Å². The van der Waals surface area contributed by atoms with Crippen LogP contribution in [-0.2, 0) is 11.2 Å². The van der Waals surface area contributed by atoms with Gasteiger partial charge < -0.3 is 15.2 Å². The molecule has 0 aromatic carbocycles. The fraction of sp³-hybridized carbons (Fsp3) is 0.600. The zero-order valence-corrected chi connectivity index (χ0v) is 13.7. The van der Waals surface area contributed by atoms with Crippen LogP contribution in [0, 0.1) is 5.92 Å². The maximum atomic E-state index is 12.1. The molecule has 0 aliphatic carbocycles. The summed E-state index contributed by atoms with van der Waals surface area (Å²) in [5.41, 5.74) is 0.606. The van der Waals surface area contributed by atoms with Gasteiger partial charge in [0.15, 0.2) is 11.5 Å². The van der Waals surface area contributed by atoms with Crippen LogP contribution in [0.4, 0.5) is 0 Å². The predicted molar refractivity (Wildman–Crippen MR) is 84.1 cm³/mol. The number of nitrogens with zero attached hydrogens (tertiary/aromatic N) is 4. The Morgan fingerprint density at radius 3 is 2.87 bits per heavy atom. The van der Waals surface area contributed by atoms with Crippen LogP contribution in [0.15, 0.2) is 12.1 Å². The molecule has 2 rings (SSSR count). The van der Waals surface area contributed by atoms with Crippen LogP contribution in [0.25, 0.3) is 5.65 Å². The molecule has 0 saturated heterocycles. The number of hydrogen-bond acceptors (Lipinski definition) is 6. The van der Waals surface area contributed by atoms with E-state index in [1.807, 2.05) is 13.8 Å². The number of methoxy groups -OCH3 is 1. The summed E-state index contributed by atoms with van der Waals surface area (Å²) in [5, 5.41) is 24.5. The van der Waals surface area contributed by atoms with Crippen LogP contribution >= 0.6 is 0 Å². The van der Waals surface area contributed by atoms with Gasteiger partial charge in [-0.2, -0.15) is 4.52 Å². The molecule has 2 aromatic heterocycles. The molecule has 1 amide bonds. The quantitative estimate of drug-likeness (QED) is 0.738. The van der Waals surface area contributed by atoms with Crippen LogP contribution in [0.3, 0.4) is 0 Å². The van der Waals surface area contributed by atoms with Crippen molar-refractivity contribution in [1.82, 2.24) is 25.1 Å². The van der Waals surface area contributed by atoms with Crippen molar-refractivity contribution >= 4 is 11.6 Å². The van der Waals surface area contributed by atoms with Crippen molar-refractivity contribution in [1.29, 1.82) is 0 Å². The van der Waals surface area contributed by atoms with Gasteiger partial charge in [0.2, 0.25) is 11.8 Å². The van der Waals surface area contributed by atoms with Crippen molar-refractivity contribution in [2.24, 2.45) is 5.92 Å². The normalized spacial score (nSPS) is 13.7. The molecule has 2 atom stereocenters. The number of rotatable bonds is 8. The maximum Gasteiger partial charge on any atom is 0.231 e. The molecule has 8 nitrogen and oxygen atoms in total. The molecule has 2 heterocycles. The molecular weight excluding hydrogens is 298 g/mol. The standard InChI is InChI=1S/C15H23N5O3/c1-4-10(2)11(9-21)16-14(22)7-5-12-17-18-13-6-8-15(23-3)19-20(12)13/h6,8,10-11,21H,4-5,7,9H2,1-3H3,(H,16,22)/t10-,11-/m0/s1. The van der Waals surface area contributed by atoms with Gasteiger partial charge >= 0.3 is 0 Å². The Morgan fingerprint density at radius 2 is 2.22 bits per heavy atom. The number of aliphatic hydroxyl groups excluding tert-OH is 1. The molecule has 0 bridgehead atoms. The van der Waals surface area contributed by atoms with Crippen molar-refractivity contribution in [3.63, 3.8) is 0 Å². The summed E-state index contributed by atoms with van der Waals surface area (Å²) in [6.45, 7) is 3.97. The smallest absolute Gasteiger partial charge is 0.231 e. The van der Waals surface area contributed by atoms with Gasteiger partial charge in [-0.25, -0.2) is 0 Å². The predicted octanol–water partition coefficient (Wildman–Crippen LogP) is 0.589. The molecule has 23 heavy (non-hydrogen) atoms. The number of aromatic nitrogens is 4. The summed E-state index contributed by atoms with van der Waals surface area (Å²) in [4.78, 5) is 12.1. The average molecular weight is 321 g/mol. The number of aliphatic hydroxyl groups is 1. The zero-order chi connectivity index (χ0) is 16.8. The van der Waals surface area contributed by atoms with Crippen LogP contribution in [-0.4, -0.2) is 50.6 Å². The van der Waals surface area contributed by atoms with E-state index in [9.17, 15) is 9.90 Å². The number of carbonyl (C=O) groups is 1. The topological polar surface area (TPSA) is 102 Å². The highest BCUT2D eigenvalue weighted by Crippen LogP contribution is 2.10. The van der Waals surface area contributed by atoms with Crippen molar-refractivity contribution in [2.75, 3.05) is 13.7 Å². The SMILES string of the molecule is CC[C@H](C)[C@H](CO)NC(=O)CCc1nnc2ccc(OC)nn12. The third kappa shape index (κ3) is 4.16. The largest absolute Gasteiger partial charge is 0.480 e. The fourth-order valence-electron chi connectivity index (χ4n) is 2.24. The second kappa shape index (κ2) is 7.87. The molecule has 0 fully saturated rings. The van der Waals surface area contributed by atoms with Gasteiger partial charge in [0, 0.05) is 18.9 Å². The van der Waals surface area contributed by atoms with E-state index in [2.05, 4.69) is 20.6 Å². The molecule has 0 saturated carbocycles. The van der Waals surface area contributed by atoms with Gasteiger partial charge in [-0.05, 0) is 12.0 Å². The lowest BCUT2D eigenvalue weighted by molar-refractivity contribution is -0.122. The fourth-order valence-corrected chi connectivity index (χ4v) is 2.24. The monoisotopic (exact) mass is 321 g/mol. The van der Waals surface area contributed by atoms with E-state index in [4.69, 9.17) is 4.74 Å². The zero-order valence-electron chi connectivity index (χ0n) is 13.7. The summed E-state index contributed by atoms with van der Waals surface area (Å²) >= 11 is 0. The van der Waals surface area contributed by atoms with Crippen LogP contribution in [0.1, 0.15) is 32.5 Å².